The number of aliphatic carboxylic acids is 1. The molecule has 1 aromatic carbocycles. The Labute approximate surface area is 104 Å². The van der Waals surface area contributed by atoms with Gasteiger partial charge in [-0.15, -0.1) is 0 Å². The van der Waals surface area contributed by atoms with Gasteiger partial charge in [0.15, 0.2) is 0 Å². The number of hydrogen-bond donors (Lipinski definition) is 3. The van der Waals surface area contributed by atoms with Crippen molar-refractivity contribution in [3.63, 3.8) is 0 Å². The molecular weight excluding hydrogens is 268 g/mol. The number of halogens is 2. The molecule has 0 heterocycles. The van der Waals surface area contributed by atoms with E-state index in [4.69, 9.17) is 5.11 Å². The minimum Gasteiger partial charge on any atom is -0.481 e. The van der Waals surface area contributed by atoms with Crippen molar-refractivity contribution in [2.75, 3.05) is 0 Å². The van der Waals surface area contributed by atoms with Gasteiger partial charge in [0.2, 0.25) is 5.82 Å². The molecule has 0 fully saturated rings. The Balaban J connectivity index is 3.11. The summed E-state index contributed by atoms with van der Waals surface area (Å²) < 4.78 is 26.7. The Morgan fingerprint density at radius 1 is 1.32 bits per heavy atom. The second-order valence-corrected chi connectivity index (χ2v) is 3.69. The van der Waals surface area contributed by atoms with Crippen LogP contribution < -0.4 is 0 Å². The molecule has 3 N–H and O–H groups in total. The summed E-state index contributed by atoms with van der Waals surface area (Å²) in [6, 6.07) is 0.602. The number of benzene rings is 1. The number of carboxylic acids is 1. The molecule has 0 aliphatic carbocycles. The normalized spacial score (nSPS) is 13.9. The molecule has 7 nitrogen and oxygen atoms in total. The number of aliphatic hydroxyl groups is 2. The van der Waals surface area contributed by atoms with E-state index in [9.17, 15) is 33.9 Å². The average Bonchev–Trinajstić information content (AvgIpc) is 2.29. The third-order valence-corrected chi connectivity index (χ3v) is 2.33. The molecule has 0 aromatic heterocycles. The van der Waals surface area contributed by atoms with Gasteiger partial charge in [-0.05, 0) is 6.07 Å². The third kappa shape index (κ3) is 3.42. The lowest BCUT2D eigenvalue weighted by atomic mass is 10.0. The van der Waals surface area contributed by atoms with Gasteiger partial charge in [-0.3, -0.25) is 14.9 Å². The first-order valence-electron chi connectivity index (χ1n) is 4.95. The molecule has 1 rings (SSSR count). The average molecular weight is 277 g/mol. The fourth-order valence-electron chi connectivity index (χ4n) is 1.42. The number of rotatable bonds is 5. The SMILES string of the molecule is O=C(O)CC(O)C(O)c1cc(F)c([N+](=O)[O-])cc1F. The fraction of sp³-hybridized carbons (Fsp3) is 0.300. The molecule has 0 aliphatic heterocycles. The van der Waals surface area contributed by atoms with Crippen LogP contribution in [-0.2, 0) is 4.79 Å². The Bertz CT molecular complexity index is 521. The first-order valence-corrected chi connectivity index (χ1v) is 4.95. The molecule has 0 saturated heterocycles. The van der Waals surface area contributed by atoms with Crippen molar-refractivity contribution in [3.05, 3.63) is 39.4 Å². The highest BCUT2D eigenvalue weighted by Gasteiger charge is 2.27. The van der Waals surface area contributed by atoms with E-state index in [1.165, 1.54) is 0 Å². The molecular formula is C10H9F2NO6. The maximum Gasteiger partial charge on any atom is 0.307 e. The van der Waals surface area contributed by atoms with Crippen LogP contribution in [0.2, 0.25) is 0 Å². The van der Waals surface area contributed by atoms with Gasteiger partial charge >= 0.3 is 11.7 Å². The van der Waals surface area contributed by atoms with Gasteiger partial charge in [-0.25, -0.2) is 4.39 Å². The molecule has 9 heteroatoms. The predicted molar refractivity (Wildman–Crippen MR) is 56.2 cm³/mol. The highest BCUT2D eigenvalue weighted by molar-refractivity contribution is 5.67. The molecule has 104 valence electrons. The van der Waals surface area contributed by atoms with Gasteiger partial charge in [0.25, 0.3) is 0 Å². The number of carboxylic acid groups (broad SMARTS) is 1. The predicted octanol–water partition coefficient (Wildman–Crippen LogP) is 0.742. The van der Waals surface area contributed by atoms with E-state index in [1.54, 1.807) is 0 Å². The lowest BCUT2D eigenvalue weighted by Crippen LogP contribution is -2.22. The molecule has 0 aliphatic rings. The van der Waals surface area contributed by atoms with Crippen LogP contribution in [0.3, 0.4) is 0 Å². The summed E-state index contributed by atoms with van der Waals surface area (Å²) in [6.45, 7) is 0. The zero-order valence-corrected chi connectivity index (χ0v) is 9.29. The van der Waals surface area contributed by atoms with E-state index in [0.29, 0.717) is 6.07 Å². The van der Waals surface area contributed by atoms with Crippen molar-refractivity contribution in [1.29, 1.82) is 0 Å². The van der Waals surface area contributed by atoms with E-state index in [1.807, 2.05) is 0 Å². The van der Waals surface area contributed by atoms with E-state index < -0.39 is 52.4 Å². The number of nitrogens with zero attached hydrogens (tertiary/aromatic N) is 1. The zero-order valence-electron chi connectivity index (χ0n) is 9.29. The maximum absolute atomic E-state index is 13.4. The zero-order chi connectivity index (χ0) is 14.7. The Morgan fingerprint density at radius 3 is 2.37 bits per heavy atom. The molecule has 0 spiro atoms. The lowest BCUT2D eigenvalue weighted by Gasteiger charge is -2.17. The van der Waals surface area contributed by atoms with E-state index in [0.717, 1.165) is 0 Å². The Morgan fingerprint density at radius 2 is 1.89 bits per heavy atom. The van der Waals surface area contributed by atoms with Crippen molar-refractivity contribution < 1.29 is 33.8 Å². The van der Waals surface area contributed by atoms with Crippen LogP contribution in [0.4, 0.5) is 14.5 Å². The summed E-state index contributed by atoms with van der Waals surface area (Å²) in [5.41, 5.74) is -1.88. The molecule has 19 heavy (non-hydrogen) atoms. The van der Waals surface area contributed by atoms with Gasteiger partial charge in [0.1, 0.15) is 11.9 Å². The van der Waals surface area contributed by atoms with Crippen LogP contribution in [0.1, 0.15) is 18.1 Å². The molecule has 0 saturated carbocycles. The number of nitro groups is 1. The highest BCUT2D eigenvalue weighted by Crippen LogP contribution is 2.27. The molecule has 0 bridgehead atoms. The second kappa shape index (κ2) is 5.67. The van der Waals surface area contributed by atoms with Crippen molar-refractivity contribution in [2.45, 2.75) is 18.6 Å². The number of carbonyl (C=O) groups is 1. The van der Waals surface area contributed by atoms with Gasteiger partial charge < -0.3 is 15.3 Å². The van der Waals surface area contributed by atoms with E-state index in [2.05, 4.69) is 0 Å². The summed E-state index contributed by atoms with van der Waals surface area (Å²) in [7, 11) is 0. The molecule has 1 aromatic rings. The highest BCUT2D eigenvalue weighted by atomic mass is 19.1. The van der Waals surface area contributed by atoms with Crippen LogP contribution in [0.15, 0.2) is 12.1 Å². The first kappa shape index (κ1) is 14.9. The van der Waals surface area contributed by atoms with Crippen molar-refractivity contribution in [2.24, 2.45) is 0 Å². The smallest absolute Gasteiger partial charge is 0.307 e. The van der Waals surface area contributed by atoms with Gasteiger partial charge in [0.05, 0.1) is 23.5 Å². The lowest BCUT2D eigenvalue weighted by molar-refractivity contribution is -0.387. The molecule has 2 atom stereocenters. The summed E-state index contributed by atoms with van der Waals surface area (Å²) in [5.74, 6) is -4.16. The van der Waals surface area contributed by atoms with Crippen LogP contribution in [0.5, 0.6) is 0 Å². The fourth-order valence-corrected chi connectivity index (χ4v) is 1.42. The first-order chi connectivity index (χ1) is 8.73. The van der Waals surface area contributed by atoms with E-state index >= 15 is 0 Å². The quantitative estimate of drug-likeness (QED) is 0.539. The minimum atomic E-state index is -2.01. The third-order valence-electron chi connectivity index (χ3n) is 2.33. The van der Waals surface area contributed by atoms with Crippen LogP contribution >= 0.6 is 0 Å². The van der Waals surface area contributed by atoms with Crippen LogP contribution in [0.25, 0.3) is 0 Å². The Kier molecular flexibility index (Phi) is 4.46. The number of hydrogen-bond acceptors (Lipinski definition) is 5. The topological polar surface area (TPSA) is 121 Å². The molecule has 2 unspecified atom stereocenters. The van der Waals surface area contributed by atoms with Crippen molar-refractivity contribution in [1.82, 2.24) is 0 Å². The Hall–Kier alpha value is -2.13. The van der Waals surface area contributed by atoms with Gasteiger partial charge in [-0.1, -0.05) is 0 Å². The number of nitro benzene ring substituents is 1. The van der Waals surface area contributed by atoms with Gasteiger partial charge in [-0.2, -0.15) is 4.39 Å². The summed E-state index contributed by atoms with van der Waals surface area (Å²) in [5, 5.41) is 37.5. The second-order valence-electron chi connectivity index (χ2n) is 3.69. The minimum absolute atomic E-state index is 0.251. The monoisotopic (exact) mass is 277 g/mol. The van der Waals surface area contributed by atoms with E-state index in [-0.39, 0.29) is 6.07 Å². The van der Waals surface area contributed by atoms with Crippen molar-refractivity contribution in [3.8, 4) is 0 Å². The van der Waals surface area contributed by atoms with Crippen LogP contribution in [0, 0.1) is 21.7 Å². The largest absolute Gasteiger partial charge is 0.481 e. The maximum atomic E-state index is 13.4. The number of aliphatic hydroxyl groups excluding tert-OH is 2. The standard InChI is InChI=1S/C10H9F2NO6/c11-5-2-7(13(18)19)6(12)1-4(5)10(17)8(14)3-9(15)16/h1-2,8,10,14,17H,3H2,(H,15,16). The summed E-state index contributed by atoms with van der Waals surface area (Å²) in [6.07, 6.45) is -4.77. The van der Waals surface area contributed by atoms with Crippen molar-refractivity contribution >= 4 is 11.7 Å². The van der Waals surface area contributed by atoms with Gasteiger partial charge in [0, 0.05) is 5.56 Å². The summed E-state index contributed by atoms with van der Waals surface area (Å²) >= 11 is 0. The van der Waals surface area contributed by atoms with Crippen LogP contribution in [-0.4, -0.2) is 32.3 Å². The molecule has 0 radical (unpaired) electrons. The summed E-state index contributed by atoms with van der Waals surface area (Å²) in [4.78, 5) is 19.5. The molecule has 0 amide bonds.